The number of nitrogens with zero attached hydrogens (tertiary/aromatic N) is 4. The molecule has 1 saturated carbocycles. The minimum absolute atomic E-state index is 0.0771. The van der Waals surface area contributed by atoms with Crippen molar-refractivity contribution in [3.05, 3.63) is 24.3 Å². The molecule has 1 aliphatic rings. The molecule has 0 amide bonds. The van der Waals surface area contributed by atoms with Crippen LogP contribution in [0.4, 0.5) is 4.39 Å². The van der Waals surface area contributed by atoms with Gasteiger partial charge in [-0.3, -0.25) is 14.3 Å². The molecule has 6 nitrogen and oxygen atoms in total. The van der Waals surface area contributed by atoms with Crippen LogP contribution in [0.25, 0.3) is 11.4 Å². The van der Waals surface area contributed by atoms with Crippen LogP contribution in [0, 0.1) is 5.82 Å². The molecule has 2 heterocycles. The van der Waals surface area contributed by atoms with Gasteiger partial charge in [0.15, 0.2) is 11.0 Å². The number of aromatic nitrogens is 4. The average Bonchev–Trinajstić information content (AvgIpc) is 3.16. The Bertz CT molecular complexity index is 657. The van der Waals surface area contributed by atoms with Crippen molar-refractivity contribution >= 4 is 17.7 Å². The predicted molar refractivity (Wildman–Crippen MR) is 69.8 cm³/mol. The first kappa shape index (κ1) is 13.0. The van der Waals surface area contributed by atoms with E-state index in [1.165, 1.54) is 12.3 Å². The number of aliphatic carboxylic acids is 1. The molecule has 0 atom stereocenters. The Morgan fingerprint density at radius 3 is 2.90 bits per heavy atom. The van der Waals surface area contributed by atoms with Gasteiger partial charge in [0, 0.05) is 17.8 Å². The van der Waals surface area contributed by atoms with Gasteiger partial charge in [-0.25, -0.2) is 4.39 Å². The fraction of sp³-hybridized carbons (Fsp3) is 0.333. The van der Waals surface area contributed by atoms with Crippen molar-refractivity contribution in [3.63, 3.8) is 0 Å². The monoisotopic (exact) mass is 294 g/mol. The molecule has 20 heavy (non-hydrogen) atoms. The molecule has 1 N–H and O–H groups in total. The van der Waals surface area contributed by atoms with E-state index in [1.54, 1.807) is 0 Å². The first-order valence-electron chi connectivity index (χ1n) is 6.05. The molecule has 0 aromatic carbocycles. The number of rotatable bonds is 5. The van der Waals surface area contributed by atoms with Crippen molar-refractivity contribution in [2.24, 2.45) is 0 Å². The topological polar surface area (TPSA) is 80.9 Å². The lowest BCUT2D eigenvalue weighted by Crippen LogP contribution is -2.03. The van der Waals surface area contributed by atoms with Gasteiger partial charge in [0.05, 0.1) is 11.9 Å². The third kappa shape index (κ3) is 2.64. The number of carboxylic acid groups (broad SMARTS) is 1. The second-order valence-electron chi connectivity index (χ2n) is 4.48. The van der Waals surface area contributed by atoms with Gasteiger partial charge in [-0.1, -0.05) is 11.8 Å². The fourth-order valence-corrected chi connectivity index (χ4v) is 2.62. The summed E-state index contributed by atoms with van der Waals surface area (Å²) >= 11 is 1.12. The van der Waals surface area contributed by atoms with Crippen molar-refractivity contribution in [3.8, 4) is 11.4 Å². The minimum atomic E-state index is -0.908. The molecule has 1 fully saturated rings. The van der Waals surface area contributed by atoms with Crippen LogP contribution in [-0.4, -0.2) is 36.6 Å². The fourth-order valence-electron chi connectivity index (χ4n) is 1.89. The number of pyridine rings is 1. The third-order valence-electron chi connectivity index (χ3n) is 2.86. The zero-order valence-corrected chi connectivity index (χ0v) is 11.2. The Morgan fingerprint density at radius 1 is 1.45 bits per heavy atom. The molecular formula is C12H11FN4O2S. The summed E-state index contributed by atoms with van der Waals surface area (Å²) in [6, 6.07) is 1.61. The smallest absolute Gasteiger partial charge is 0.313 e. The second kappa shape index (κ2) is 5.20. The van der Waals surface area contributed by atoms with E-state index in [9.17, 15) is 9.18 Å². The maximum absolute atomic E-state index is 13.3. The van der Waals surface area contributed by atoms with E-state index in [-0.39, 0.29) is 11.8 Å². The van der Waals surface area contributed by atoms with Gasteiger partial charge in [-0.15, -0.1) is 10.2 Å². The summed E-state index contributed by atoms with van der Waals surface area (Å²) in [6.45, 7) is 0. The molecule has 0 radical (unpaired) electrons. The molecular weight excluding hydrogens is 283 g/mol. The highest BCUT2D eigenvalue weighted by molar-refractivity contribution is 7.99. The Balaban J connectivity index is 1.97. The Labute approximate surface area is 118 Å². The second-order valence-corrected chi connectivity index (χ2v) is 5.42. The molecule has 2 aromatic heterocycles. The number of hydrogen-bond acceptors (Lipinski definition) is 5. The van der Waals surface area contributed by atoms with Crippen LogP contribution >= 0.6 is 11.8 Å². The predicted octanol–water partition coefficient (Wildman–Crippen LogP) is 1.99. The largest absolute Gasteiger partial charge is 0.481 e. The molecule has 3 rings (SSSR count). The van der Waals surface area contributed by atoms with Crippen molar-refractivity contribution in [2.45, 2.75) is 24.0 Å². The van der Waals surface area contributed by atoms with Crippen LogP contribution < -0.4 is 0 Å². The normalized spacial score (nSPS) is 14.4. The van der Waals surface area contributed by atoms with Crippen LogP contribution in [0.5, 0.6) is 0 Å². The summed E-state index contributed by atoms with van der Waals surface area (Å²) in [5.74, 6) is -0.888. The molecule has 0 saturated heterocycles. The Hall–Kier alpha value is -1.96. The molecule has 0 spiro atoms. The minimum Gasteiger partial charge on any atom is -0.481 e. The molecule has 2 aromatic rings. The van der Waals surface area contributed by atoms with Crippen molar-refractivity contribution in [1.29, 1.82) is 0 Å². The lowest BCUT2D eigenvalue weighted by molar-refractivity contribution is -0.133. The quantitative estimate of drug-likeness (QED) is 0.849. The molecule has 0 aliphatic heterocycles. The summed E-state index contributed by atoms with van der Waals surface area (Å²) in [6.07, 6.45) is 4.64. The van der Waals surface area contributed by atoms with E-state index in [1.807, 2.05) is 4.57 Å². The van der Waals surface area contributed by atoms with Gasteiger partial charge < -0.3 is 5.11 Å². The van der Waals surface area contributed by atoms with Crippen molar-refractivity contribution in [1.82, 2.24) is 19.7 Å². The van der Waals surface area contributed by atoms with Crippen molar-refractivity contribution in [2.75, 3.05) is 5.75 Å². The molecule has 0 bridgehead atoms. The number of carboxylic acids is 1. The standard InChI is InChI=1S/C12H11FN4O2S/c13-8-3-7(4-14-5-8)11-15-16-12(20-6-10(18)19)17(11)9-1-2-9/h3-5,9H,1-2,6H2,(H,18,19). The number of hydrogen-bond donors (Lipinski definition) is 1. The van der Waals surface area contributed by atoms with E-state index in [0.717, 1.165) is 30.8 Å². The maximum atomic E-state index is 13.3. The number of thioether (sulfide) groups is 1. The lowest BCUT2D eigenvalue weighted by Gasteiger charge is -2.07. The Kier molecular flexibility index (Phi) is 3.39. The Morgan fingerprint density at radius 2 is 2.25 bits per heavy atom. The molecule has 1 aliphatic carbocycles. The van der Waals surface area contributed by atoms with E-state index in [4.69, 9.17) is 5.11 Å². The zero-order valence-electron chi connectivity index (χ0n) is 10.4. The summed E-state index contributed by atoms with van der Waals surface area (Å²) in [4.78, 5) is 14.5. The average molecular weight is 294 g/mol. The van der Waals surface area contributed by atoms with Gasteiger partial charge >= 0.3 is 5.97 Å². The van der Waals surface area contributed by atoms with Gasteiger partial charge in [-0.2, -0.15) is 0 Å². The SMILES string of the molecule is O=C(O)CSc1nnc(-c2cncc(F)c2)n1C1CC1. The van der Waals surface area contributed by atoms with E-state index >= 15 is 0 Å². The van der Waals surface area contributed by atoms with Gasteiger partial charge in [0.1, 0.15) is 5.82 Å². The zero-order chi connectivity index (χ0) is 14.1. The summed E-state index contributed by atoms with van der Waals surface area (Å²) in [5, 5.41) is 17.4. The number of carbonyl (C=O) groups is 1. The highest BCUT2D eigenvalue weighted by Gasteiger charge is 2.30. The van der Waals surface area contributed by atoms with Crippen LogP contribution in [0.1, 0.15) is 18.9 Å². The van der Waals surface area contributed by atoms with Crippen LogP contribution in [0.15, 0.2) is 23.6 Å². The molecule has 8 heteroatoms. The summed E-state index contributed by atoms with van der Waals surface area (Å²) < 4.78 is 15.1. The maximum Gasteiger partial charge on any atom is 0.313 e. The molecule has 104 valence electrons. The molecule has 0 unspecified atom stereocenters. The lowest BCUT2D eigenvalue weighted by atomic mass is 10.2. The highest BCUT2D eigenvalue weighted by Crippen LogP contribution is 2.40. The van der Waals surface area contributed by atoms with E-state index in [0.29, 0.717) is 16.5 Å². The van der Waals surface area contributed by atoms with Crippen LogP contribution in [0.3, 0.4) is 0 Å². The summed E-state index contributed by atoms with van der Waals surface area (Å²) in [7, 11) is 0. The van der Waals surface area contributed by atoms with Crippen molar-refractivity contribution < 1.29 is 14.3 Å². The van der Waals surface area contributed by atoms with Gasteiger partial charge in [0.2, 0.25) is 0 Å². The van der Waals surface area contributed by atoms with E-state index in [2.05, 4.69) is 15.2 Å². The van der Waals surface area contributed by atoms with E-state index < -0.39 is 11.8 Å². The highest BCUT2D eigenvalue weighted by atomic mass is 32.2. The van der Waals surface area contributed by atoms with Gasteiger partial charge in [0.25, 0.3) is 0 Å². The van der Waals surface area contributed by atoms with Gasteiger partial charge in [-0.05, 0) is 18.9 Å². The third-order valence-corrected chi connectivity index (χ3v) is 3.79. The summed E-state index contributed by atoms with van der Waals surface area (Å²) in [5.41, 5.74) is 0.548. The first-order chi connectivity index (χ1) is 9.65. The van der Waals surface area contributed by atoms with Crippen LogP contribution in [-0.2, 0) is 4.79 Å². The van der Waals surface area contributed by atoms with Crippen LogP contribution in [0.2, 0.25) is 0 Å². The number of halogens is 1. The first-order valence-corrected chi connectivity index (χ1v) is 7.04.